The van der Waals surface area contributed by atoms with Crippen molar-refractivity contribution in [3.8, 4) is 0 Å². The molecule has 41 heavy (non-hydrogen) atoms. The van der Waals surface area contributed by atoms with Crippen LogP contribution in [0.15, 0.2) is 25.3 Å². The molecule has 0 aromatic rings. The minimum absolute atomic E-state index is 0.0597. The lowest BCUT2D eigenvalue weighted by Gasteiger charge is -2.47. The van der Waals surface area contributed by atoms with Crippen molar-refractivity contribution < 1.29 is 29.0 Å². The maximum Gasteiger partial charge on any atom is 0.312 e. The van der Waals surface area contributed by atoms with E-state index in [1.54, 1.807) is 17.1 Å². The van der Waals surface area contributed by atoms with Gasteiger partial charge in [-0.05, 0) is 63.7 Å². The van der Waals surface area contributed by atoms with E-state index in [1.165, 1.54) is 0 Å². The topological polar surface area (TPSA) is 96.4 Å². The summed E-state index contributed by atoms with van der Waals surface area (Å²) in [6, 6.07) is -1.57. The van der Waals surface area contributed by atoms with Crippen LogP contribution in [0.1, 0.15) is 93.9 Å². The van der Waals surface area contributed by atoms with Gasteiger partial charge in [0.2, 0.25) is 11.8 Å². The first kappa shape index (κ1) is 33.3. The molecule has 2 bridgehead atoms. The Morgan fingerprint density at radius 3 is 2.37 bits per heavy atom. The Labute approximate surface area is 247 Å². The van der Waals surface area contributed by atoms with Gasteiger partial charge in [0.15, 0.2) is 0 Å². The number of aliphatic hydroxyl groups is 1. The second-order valence-corrected chi connectivity index (χ2v) is 14.5. The smallest absolute Gasteiger partial charge is 0.312 e. The number of aliphatic hydroxyl groups excluding tert-OH is 1. The maximum atomic E-state index is 14.9. The van der Waals surface area contributed by atoms with Crippen molar-refractivity contribution in [1.82, 2.24) is 9.80 Å². The third kappa shape index (κ3) is 5.88. The summed E-state index contributed by atoms with van der Waals surface area (Å²) in [5.41, 5.74) is -2.65. The van der Waals surface area contributed by atoms with Crippen LogP contribution < -0.4 is 0 Å². The van der Waals surface area contributed by atoms with Gasteiger partial charge in [-0.25, -0.2) is 0 Å². The number of hydrogen-bond donors (Lipinski definition) is 1. The van der Waals surface area contributed by atoms with Gasteiger partial charge in [0.1, 0.15) is 17.6 Å². The first-order valence-corrected chi connectivity index (χ1v) is 15.4. The zero-order chi connectivity index (χ0) is 31.0. The van der Waals surface area contributed by atoms with Gasteiger partial charge in [0.25, 0.3) is 0 Å². The molecule has 2 unspecified atom stereocenters. The molecule has 2 amide bonds. The fourth-order valence-electron chi connectivity index (χ4n) is 8.07. The third-order valence-electron chi connectivity index (χ3n) is 9.49. The Kier molecular flexibility index (Phi) is 9.91. The Hall–Kier alpha value is -2.19. The molecule has 0 aromatic heterocycles. The highest BCUT2D eigenvalue weighted by molar-refractivity contribution is 5.99. The number of likely N-dealkylation sites (tertiary alicyclic amines) is 1. The summed E-state index contributed by atoms with van der Waals surface area (Å²) in [6.07, 6.45) is 7.18. The zero-order valence-corrected chi connectivity index (χ0v) is 26.7. The maximum absolute atomic E-state index is 14.9. The van der Waals surface area contributed by atoms with Crippen molar-refractivity contribution in [1.29, 1.82) is 0 Å². The molecule has 3 aliphatic rings. The van der Waals surface area contributed by atoms with Crippen LogP contribution in [0.5, 0.6) is 0 Å². The molecule has 3 fully saturated rings. The fraction of sp³-hybridized carbons (Fsp3) is 0.788. The molecule has 6 atom stereocenters. The van der Waals surface area contributed by atoms with Gasteiger partial charge in [-0.3, -0.25) is 14.4 Å². The summed E-state index contributed by atoms with van der Waals surface area (Å²) in [5.74, 6) is -2.73. The van der Waals surface area contributed by atoms with Gasteiger partial charge < -0.3 is 24.4 Å². The van der Waals surface area contributed by atoms with Crippen molar-refractivity contribution in [2.24, 2.45) is 23.2 Å². The quantitative estimate of drug-likeness (QED) is 0.180. The Bertz CT molecular complexity index is 1020. The molecule has 3 heterocycles. The number of allylic oxidation sites excluding steroid dienone is 1. The number of carbonyl (C=O) groups is 3. The molecule has 8 nitrogen and oxygen atoms in total. The molecule has 0 saturated carbocycles. The van der Waals surface area contributed by atoms with Crippen molar-refractivity contribution in [3.63, 3.8) is 0 Å². The predicted octanol–water partition coefficient (Wildman–Crippen LogP) is 4.90. The van der Waals surface area contributed by atoms with E-state index in [2.05, 4.69) is 33.9 Å². The summed E-state index contributed by atoms with van der Waals surface area (Å²) < 4.78 is 12.6. The van der Waals surface area contributed by atoms with Gasteiger partial charge in [-0.1, -0.05) is 53.7 Å². The Morgan fingerprint density at radius 2 is 1.85 bits per heavy atom. The van der Waals surface area contributed by atoms with Crippen LogP contribution in [0.4, 0.5) is 0 Å². The predicted molar refractivity (Wildman–Crippen MR) is 160 cm³/mol. The number of ether oxygens (including phenoxy) is 2. The van der Waals surface area contributed by atoms with Crippen molar-refractivity contribution in [3.05, 3.63) is 25.3 Å². The van der Waals surface area contributed by atoms with E-state index in [9.17, 15) is 19.5 Å². The van der Waals surface area contributed by atoms with Crippen molar-refractivity contribution >= 4 is 17.8 Å². The molecule has 3 aliphatic heterocycles. The van der Waals surface area contributed by atoms with Crippen LogP contribution in [-0.4, -0.2) is 81.3 Å². The number of esters is 1. The highest BCUT2D eigenvalue weighted by atomic mass is 16.6. The minimum atomic E-state index is -1.17. The Balaban J connectivity index is 2.15. The van der Waals surface area contributed by atoms with Crippen LogP contribution in [0, 0.1) is 23.2 Å². The van der Waals surface area contributed by atoms with Crippen LogP contribution in [-0.2, 0) is 23.9 Å². The van der Waals surface area contributed by atoms with Gasteiger partial charge in [-0.2, -0.15) is 0 Å². The minimum Gasteiger partial charge on any atom is -0.465 e. The Morgan fingerprint density at radius 1 is 1.20 bits per heavy atom. The molecular formula is C33H54N2O6. The lowest BCUT2D eigenvalue weighted by atomic mass is 9.65. The highest BCUT2D eigenvalue weighted by Gasteiger charge is 2.80. The average Bonchev–Trinajstić information content (AvgIpc) is 3.47. The summed E-state index contributed by atoms with van der Waals surface area (Å²) in [5, 5.41) is 10.5. The second kappa shape index (κ2) is 12.2. The molecule has 0 radical (unpaired) electrons. The summed E-state index contributed by atoms with van der Waals surface area (Å²) >= 11 is 0. The molecule has 8 heteroatoms. The number of carbonyl (C=O) groups excluding carboxylic acids is 3. The van der Waals surface area contributed by atoms with Gasteiger partial charge >= 0.3 is 5.97 Å². The molecule has 3 rings (SSSR count). The molecule has 232 valence electrons. The van der Waals surface area contributed by atoms with Crippen LogP contribution in [0.3, 0.4) is 0 Å². The van der Waals surface area contributed by atoms with E-state index < -0.39 is 46.6 Å². The zero-order valence-electron chi connectivity index (χ0n) is 26.7. The first-order valence-electron chi connectivity index (χ1n) is 15.4. The molecule has 1 spiro atoms. The second-order valence-electron chi connectivity index (χ2n) is 14.5. The normalized spacial score (nSPS) is 30.0. The number of amides is 2. The number of nitrogens with zero attached hydrogens (tertiary/aromatic N) is 2. The fourth-order valence-corrected chi connectivity index (χ4v) is 8.07. The van der Waals surface area contributed by atoms with E-state index in [-0.39, 0.29) is 36.4 Å². The van der Waals surface area contributed by atoms with Gasteiger partial charge in [-0.15, -0.1) is 13.2 Å². The van der Waals surface area contributed by atoms with Crippen molar-refractivity contribution in [2.75, 3.05) is 19.8 Å². The number of hydrogen-bond acceptors (Lipinski definition) is 6. The van der Waals surface area contributed by atoms with Crippen LogP contribution in [0.25, 0.3) is 0 Å². The summed E-state index contributed by atoms with van der Waals surface area (Å²) in [7, 11) is 0. The van der Waals surface area contributed by atoms with E-state index in [1.807, 2.05) is 39.5 Å². The largest absolute Gasteiger partial charge is 0.465 e. The van der Waals surface area contributed by atoms with E-state index >= 15 is 0 Å². The van der Waals surface area contributed by atoms with E-state index in [0.717, 1.165) is 12.8 Å². The third-order valence-corrected chi connectivity index (χ3v) is 9.49. The number of fused-ring (bicyclic) bond motifs is 1. The summed E-state index contributed by atoms with van der Waals surface area (Å²) in [4.78, 5) is 46.5. The van der Waals surface area contributed by atoms with E-state index in [0.29, 0.717) is 32.2 Å². The number of unbranched alkanes of at least 4 members (excludes halogenated alkanes) is 1. The molecule has 3 saturated heterocycles. The van der Waals surface area contributed by atoms with Gasteiger partial charge in [0, 0.05) is 12.1 Å². The molecule has 0 aliphatic carbocycles. The molecular weight excluding hydrogens is 520 g/mol. The number of rotatable bonds is 14. The standard InChI is InChI=1S/C33H54N2O6/c1-11-14-15-19-40-29(39)25-24-27(37)35(23(20-36)22(4)5)26(33(24)17-16-32(25,13-3)41-33)28(38)34(18-12-2)31(9,10)21-30(6,7)8/h11-12,22-26,36H,1-2,13-21H2,3-10H3/t23-,24-,25-,26?,32+,33?/m0/s1. The monoisotopic (exact) mass is 574 g/mol. The van der Waals surface area contributed by atoms with Crippen LogP contribution in [0.2, 0.25) is 0 Å². The lowest BCUT2D eigenvalue weighted by molar-refractivity contribution is -0.165. The highest BCUT2D eigenvalue weighted by Crippen LogP contribution is 2.65. The molecule has 0 aromatic carbocycles. The van der Waals surface area contributed by atoms with Gasteiger partial charge in [0.05, 0.1) is 30.8 Å². The lowest BCUT2D eigenvalue weighted by Crippen LogP contribution is -2.63. The average molecular weight is 575 g/mol. The SMILES string of the molecule is C=CCCCOC(=O)[C@@H]1[C@H]2C(=O)N([C@@H](CO)C(C)C)C(C(=O)N(CC=C)C(C)(C)CC(C)(C)C)C23CC[C@@]1(CC)O3. The van der Waals surface area contributed by atoms with E-state index in [4.69, 9.17) is 9.47 Å². The van der Waals surface area contributed by atoms with Crippen molar-refractivity contribution in [2.45, 2.75) is 123 Å². The van der Waals surface area contributed by atoms with Crippen LogP contribution >= 0.6 is 0 Å². The molecule has 1 N–H and O–H groups in total. The summed E-state index contributed by atoms with van der Waals surface area (Å²) in [6.45, 7) is 24.3. The first-order chi connectivity index (χ1) is 19.1.